The molecule has 0 saturated carbocycles. The van der Waals surface area contributed by atoms with E-state index in [1.807, 2.05) is 49.4 Å². The lowest BCUT2D eigenvalue weighted by Gasteiger charge is -2.26. The van der Waals surface area contributed by atoms with Gasteiger partial charge in [-0.3, -0.25) is 4.79 Å². The number of carbonyl (C=O) groups excluding carboxylic acids is 1. The van der Waals surface area contributed by atoms with Gasteiger partial charge in [0.25, 0.3) is 0 Å². The van der Waals surface area contributed by atoms with Crippen molar-refractivity contribution in [2.24, 2.45) is 10.9 Å². The molecule has 1 aromatic carbocycles. The summed E-state index contributed by atoms with van der Waals surface area (Å²) in [5, 5.41) is 0. The molecule has 2 rings (SSSR count). The highest BCUT2D eigenvalue weighted by Crippen LogP contribution is 2.23. The minimum atomic E-state index is -0.486. The molecule has 1 aliphatic rings. The molecule has 0 radical (unpaired) electrons. The number of hydrogen-bond acceptors (Lipinski definition) is 4. The largest absolute Gasteiger partial charge is 0.465 e. The van der Waals surface area contributed by atoms with Gasteiger partial charge in [0, 0.05) is 19.3 Å². The first kappa shape index (κ1) is 17.0. The molecule has 4 nitrogen and oxygen atoms in total. The quantitative estimate of drug-likeness (QED) is 0.781. The molecule has 1 aliphatic heterocycles. The summed E-state index contributed by atoms with van der Waals surface area (Å²) in [6.07, 6.45) is 5.66. The standard InChI is InChI=1S/C19H24N2O2/c1-4-21(5-2)18-17(19(22)23-6-3)14-16(12-13-20-18)15-10-8-7-9-11-15/h7-14,17H,4-6H2,1-3H3/t17-/m0/s1. The summed E-state index contributed by atoms with van der Waals surface area (Å²) in [6, 6.07) is 10.0. The molecular weight excluding hydrogens is 288 g/mol. The van der Waals surface area contributed by atoms with Gasteiger partial charge in [0.2, 0.25) is 0 Å². The van der Waals surface area contributed by atoms with Crippen LogP contribution in [0.1, 0.15) is 26.3 Å². The molecule has 1 heterocycles. The lowest BCUT2D eigenvalue weighted by Crippen LogP contribution is -2.39. The van der Waals surface area contributed by atoms with Gasteiger partial charge in [0.15, 0.2) is 0 Å². The number of esters is 1. The van der Waals surface area contributed by atoms with Gasteiger partial charge in [-0.1, -0.05) is 36.4 Å². The first-order chi connectivity index (χ1) is 11.2. The molecule has 0 amide bonds. The van der Waals surface area contributed by atoms with E-state index in [0.717, 1.165) is 30.1 Å². The molecule has 1 atom stereocenters. The Labute approximate surface area is 138 Å². The van der Waals surface area contributed by atoms with Crippen LogP contribution in [0.25, 0.3) is 5.57 Å². The van der Waals surface area contributed by atoms with Gasteiger partial charge in [0.1, 0.15) is 11.8 Å². The van der Waals surface area contributed by atoms with Crippen molar-refractivity contribution in [3.63, 3.8) is 0 Å². The predicted octanol–water partition coefficient (Wildman–Crippen LogP) is 3.52. The van der Waals surface area contributed by atoms with Crippen LogP contribution in [0.3, 0.4) is 0 Å². The van der Waals surface area contributed by atoms with Crippen LogP contribution in [-0.2, 0) is 9.53 Å². The maximum Gasteiger partial charge on any atom is 0.320 e. The Morgan fingerprint density at radius 1 is 1.17 bits per heavy atom. The highest BCUT2D eigenvalue weighted by atomic mass is 16.5. The highest BCUT2D eigenvalue weighted by Gasteiger charge is 2.28. The fourth-order valence-corrected chi connectivity index (χ4v) is 2.64. The second kappa shape index (κ2) is 8.32. The van der Waals surface area contributed by atoms with Gasteiger partial charge in [-0.05, 0) is 38.0 Å². The van der Waals surface area contributed by atoms with Crippen molar-refractivity contribution in [2.75, 3.05) is 19.7 Å². The third kappa shape index (κ3) is 4.09. The highest BCUT2D eigenvalue weighted by molar-refractivity contribution is 6.05. The zero-order valence-electron chi connectivity index (χ0n) is 14.0. The average molecular weight is 312 g/mol. The zero-order valence-corrected chi connectivity index (χ0v) is 14.0. The van der Waals surface area contributed by atoms with Gasteiger partial charge in [-0.15, -0.1) is 0 Å². The topological polar surface area (TPSA) is 41.9 Å². The number of ether oxygens (including phenoxy) is 1. The first-order valence-electron chi connectivity index (χ1n) is 8.14. The van der Waals surface area contributed by atoms with Crippen molar-refractivity contribution in [1.82, 2.24) is 4.90 Å². The summed E-state index contributed by atoms with van der Waals surface area (Å²) in [5.74, 6) is 0.00553. The summed E-state index contributed by atoms with van der Waals surface area (Å²) in [4.78, 5) is 19.1. The molecule has 0 N–H and O–H groups in total. The smallest absolute Gasteiger partial charge is 0.320 e. The Balaban J connectivity index is 2.43. The van der Waals surface area contributed by atoms with E-state index in [9.17, 15) is 4.79 Å². The Kier molecular flexibility index (Phi) is 6.15. The van der Waals surface area contributed by atoms with Crippen LogP contribution in [0, 0.1) is 5.92 Å². The Morgan fingerprint density at radius 3 is 2.48 bits per heavy atom. The van der Waals surface area contributed by atoms with Crippen molar-refractivity contribution < 1.29 is 9.53 Å². The van der Waals surface area contributed by atoms with E-state index in [0.29, 0.717) is 6.61 Å². The van der Waals surface area contributed by atoms with Crippen LogP contribution in [0.2, 0.25) is 0 Å². The van der Waals surface area contributed by atoms with E-state index >= 15 is 0 Å². The maximum atomic E-state index is 12.5. The van der Waals surface area contributed by atoms with Gasteiger partial charge in [0.05, 0.1) is 6.61 Å². The number of allylic oxidation sites excluding steroid dienone is 2. The number of carbonyl (C=O) groups is 1. The van der Waals surface area contributed by atoms with Crippen LogP contribution in [0.4, 0.5) is 0 Å². The van der Waals surface area contributed by atoms with Crippen molar-refractivity contribution in [3.05, 3.63) is 54.2 Å². The molecule has 0 spiro atoms. The van der Waals surface area contributed by atoms with Gasteiger partial charge < -0.3 is 9.64 Å². The number of nitrogens with zero attached hydrogens (tertiary/aromatic N) is 2. The Morgan fingerprint density at radius 2 is 1.87 bits per heavy atom. The lowest BCUT2D eigenvalue weighted by atomic mass is 9.99. The first-order valence-corrected chi connectivity index (χ1v) is 8.14. The summed E-state index contributed by atoms with van der Waals surface area (Å²) in [5.41, 5.74) is 2.05. The molecule has 0 aromatic heterocycles. The number of benzene rings is 1. The van der Waals surface area contributed by atoms with Crippen molar-refractivity contribution in [3.8, 4) is 0 Å². The average Bonchev–Trinajstić information content (AvgIpc) is 2.80. The molecule has 0 aliphatic carbocycles. The van der Waals surface area contributed by atoms with E-state index in [1.54, 1.807) is 6.20 Å². The number of hydrogen-bond donors (Lipinski definition) is 0. The Bertz CT molecular complexity index is 614. The van der Waals surface area contributed by atoms with Crippen LogP contribution in [0.15, 0.2) is 53.7 Å². The van der Waals surface area contributed by atoms with Crippen molar-refractivity contribution in [1.29, 1.82) is 0 Å². The van der Waals surface area contributed by atoms with Crippen molar-refractivity contribution in [2.45, 2.75) is 20.8 Å². The van der Waals surface area contributed by atoms with Gasteiger partial charge in [-0.25, -0.2) is 4.99 Å². The SMILES string of the molecule is CCOC(=O)[C@H]1C=C(c2ccccc2)C=CN=C1N(CC)CC. The normalized spacial score (nSPS) is 17.1. The summed E-state index contributed by atoms with van der Waals surface area (Å²) in [7, 11) is 0. The zero-order chi connectivity index (χ0) is 16.7. The van der Waals surface area contributed by atoms with E-state index < -0.39 is 5.92 Å². The lowest BCUT2D eigenvalue weighted by molar-refractivity contribution is -0.144. The third-order valence-corrected chi connectivity index (χ3v) is 3.82. The third-order valence-electron chi connectivity index (χ3n) is 3.82. The van der Waals surface area contributed by atoms with Crippen LogP contribution in [0.5, 0.6) is 0 Å². The fraction of sp³-hybridized carbons (Fsp3) is 0.368. The maximum absolute atomic E-state index is 12.5. The number of rotatable bonds is 5. The minimum absolute atomic E-state index is 0.254. The second-order valence-corrected chi connectivity index (χ2v) is 5.19. The Hall–Kier alpha value is -2.36. The van der Waals surface area contributed by atoms with Crippen molar-refractivity contribution >= 4 is 17.4 Å². The van der Waals surface area contributed by atoms with E-state index in [4.69, 9.17) is 4.74 Å². The molecule has 0 fully saturated rings. The van der Waals surface area contributed by atoms with Gasteiger partial charge >= 0.3 is 5.97 Å². The van der Waals surface area contributed by atoms with Crippen LogP contribution in [-0.4, -0.2) is 36.4 Å². The predicted molar refractivity (Wildman–Crippen MR) is 94.0 cm³/mol. The van der Waals surface area contributed by atoms with E-state index in [-0.39, 0.29) is 5.97 Å². The summed E-state index contributed by atoms with van der Waals surface area (Å²) in [6.45, 7) is 7.90. The van der Waals surface area contributed by atoms with E-state index in [1.165, 1.54) is 0 Å². The molecule has 0 unspecified atom stereocenters. The molecule has 4 heteroatoms. The molecule has 23 heavy (non-hydrogen) atoms. The van der Waals surface area contributed by atoms with Crippen LogP contribution < -0.4 is 0 Å². The summed E-state index contributed by atoms with van der Waals surface area (Å²) < 4.78 is 5.27. The molecule has 0 bridgehead atoms. The fourth-order valence-electron chi connectivity index (χ4n) is 2.64. The van der Waals surface area contributed by atoms with Gasteiger partial charge in [-0.2, -0.15) is 0 Å². The second-order valence-electron chi connectivity index (χ2n) is 5.19. The van der Waals surface area contributed by atoms with Crippen LogP contribution >= 0.6 is 0 Å². The number of aliphatic imine (C=N–C) groups is 1. The monoisotopic (exact) mass is 312 g/mol. The van der Waals surface area contributed by atoms with E-state index in [2.05, 4.69) is 23.7 Å². The molecule has 1 aromatic rings. The number of amidine groups is 1. The molecular formula is C19H24N2O2. The summed E-state index contributed by atoms with van der Waals surface area (Å²) >= 11 is 0. The molecule has 122 valence electrons. The minimum Gasteiger partial charge on any atom is -0.465 e. The molecule has 0 saturated heterocycles.